The third-order valence-corrected chi connectivity index (χ3v) is 2.70. The predicted molar refractivity (Wildman–Crippen MR) is 58.9 cm³/mol. The Bertz CT molecular complexity index is 288. The van der Waals surface area contributed by atoms with E-state index in [2.05, 4.69) is 0 Å². The zero-order valence-corrected chi connectivity index (χ0v) is 10.4. The summed E-state index contributed by atoms with van der Waals surface area (Å²) in [7, 11) is 0. The smallest absolute Gasteiger partial charge is 0.391 e. The van der Waals surface area contributed by atoms with Crippen molar-refractivity contribution in [1.82, 2.24) is 5.32 Å². The SMILES string of the molecule is CCC(CC)CC(=O)NC(CC(F)(F)F)C(=O)O. The summed E-state index contributed by atoms with van der Waals surface area (Å²) in [6, 6.07) is -1.91. The molecule has 1 atom stereocenters. The molecule has 0 bridgehead atoms. The third kappa shape index (κ3) is 7.13. The standard InChI is InChI=1S/C11H18F3NO3/c1-3-7(4-2)5-9(16)15-8(10(17)18)6-11(12,13)14/h7-8H,3-6H2,1-2H3,(H,15,16)(H,17,18). The fraction of sp³-hybridized carbons (Fsp3) is 0.818. The fourth-order valence-electron chi connectivity index (χ4n) is 1.52. The van der Waals surface area contributed by atoms with Crippen LogP contribution in [0.2, 0.25) is 0 Å². The lowest BCUT2D eigenvalue weighted by Crippen LogP contribution is -2.44. The zero-order valence-electron chi connectivity index (χ0n) is 10.4. The van der Waals surface area contributed by atoms with E-state index in [9.17, 15) is 22.8 Å². The maximum atomic E-state index is 12.1. The molecule has 2 N–H and O–H groups in total. The van der Waals surface area contributed by atoms with E-state index in [-0.39, 0.29) is 12.3 Å². The van der Waals surface area contributed by atoms with Crippen molar-refractivity contribution in [3.8, 4) is 0 Å². The molecular weight excluding hydrogens is 251 g/mol. The monoisotopic (exact) mass is 269 g/mol. The summed E-state index contributed by atoms with van der Waals surface area (Å²) in [6.45, 7) is 3.73. The van der Waals surface area contributed by atoms with Gasteiger partial charge in [0.1, 0.15) is 6.04 Å². The van der Waals surface area contributed by atoms with Gasteiger partial charge in [-0.2, -0.15) is 13.2 Å². The van der Waals surface area contributed by atoms with E-state index in [1.165, 1.54) is 0 Å². The van der Waals surface area contributed by atoms with Gasteiger partial charge in [-0.25, -0.2) is 4.79 Å². The quantitative estimate of drug-likeness (QED) is 0.745. The molecular formula is C11H18F3NO3. The minimum absolute atomic E-state index is 0.0502. The van der Waals surface area contributed by atoms with Crippen molar-refractivity contribution in [2.75, 3.05) is 0 Å². The highest BCUT2D eigenvalue weighted by Gasteiger charge is 2.36. The molecule has 1 unspecified atom stereocenters. The molecule has 0 aliphatic carbocycles. The van der Waals surface area contributed by atoms with Crippen LogP contribution in [0.4, 0.5) is 13.2 Å². The molecule has 0 aromatic carbocycles. The molecule has 0 aromatic rings. The Morgan fingerprint density at radius 1 is 1.22 bits per heavy atom. The summed E-state index contributed by atoms with van der Waals surface area (Å²) in [5.74, 6) is -2.27. The Morgan fingerprint density at radius 2 is 1.72 bits per heavy atom. The van der Waals surface area contributed by atoms with Crippen molar-refractivity contribution in [1.29, 1.82) is 0 Å². The number of hydrogen-bond donors (Lipinski definition) is 2. The van der Waals surface area contributed by atoms with Gasteiger partial charge in [-0.1, -0.05) is 26.7 Å². The number of aliphatic carboxylic acids is 1. The zero-order chi connectivity index (χ0) is 14.3. The number of rotatable bonds is 7. The van der Waals surface area contributed by atoms with Crippen LogP contribution in [0.1, 0.15) is 39.5 Å². The van der Waals surface area contributed by atoms with Gasteiger partial charge in [-0.3, -0.25) is 4.79 Å². The fourth-order valence-corrected chi connectivity index (χ4v) is 1.52. The van der Waals surface area contributed by atoms with E-state index in [0.717, 1.165) is 12.8 Å². The molecule has 0 radical (unpaired) electrons. The first-order valence-electron chi connectivity index (χ1n) is 5.78. The van der Waals surface area contributed by atoms with Crippen molar-refractivity contribution in [3.63, 3.8) is 0 Å². The number of amides is 1. The maximum Gasteiger partial charge on any atom is 0.391 e. The van der Waals surface area contributed by atoms with E-state index < -0.39 is 30.5 Å². The number of halogens is 3. The first kappa shape index (κ1) is 16.7. The molecule has 0 saturated heterocycles. The van der Waals surface area contributed by atoms with Gasteiger partial charge in [0.2, 0.25) is 5.91 Å². The van der Waals surface area contributed by atoms with Crippen molar-refractivity contribution in [2.24, 2.45) is 5.92 Å². The average Bonchev–Trinajstić information content (AvgIpc) is 2.22. The van der Waals surface area contributed by atoms with Gasteiger partial charge in [0.15, 0.2) is 0 Å². The number of carboxylic acids is 1. The number of carbonyl (C=O) groups excluding carboxylic acids is 1. The first-order chi connectivity index (χ1) is 8.19. The van der Waals surface area contributed by atoms with Crippen molar-refractivity contribution >= 4 is 11.9 Å². The largest absolute Gasteiger partial charge is 0.480 e. The van der Waals surface area contributed by atoms with Crippen molar-refractivity contribution < 1.29 is 27.9 Å². The molecule has 0 aliphatic heterocycles. The van der Waals surface area contributed by atoms with Crippen molar-refractivity contribution in [3.05, 3.63) is 0 Å². The minimum Gasteiger partial charge on any atom is -0.480 e. The highest BCUT2D eigenvalue weighted by molar-refractivity contribution is 5.83. The number of hydrogen-bond acceptors (Lipinski definition) is 2. The topological polar surface area (TPSA) is 66.4 Å². The lowest BCUT2D eigenvalue weighted by Gasteiger charge is -2.18. The molecule has 0 rings (SSSR count). The summed E-state index contributed by atoms with van der Waals surface area (Å²) in [5.41, 5.74) is 0. The molecule has 4 nitrogen and oxygen atoms in total. The second-order valence-electron chi connectivity index (χ2n) is 4.16. The molecule has 1 amide bonds. The molecule has 0 aliphatic rings. The second-order valence-corrected chi connectivity index (χ2v) is 4.16. The van der Waals surface area contributed by atoms with Crippen LogP contribution in [0.25, 0.3) is 0 Å². The summed E-state index contributed by atoms with van der Waals surface area (Å²) >= 11 is 0. The van der Waals surface area contributed by atoms with Gasteiger partial charge in [-0.05, 0) is 5.92 Å². The van der Waals surface area contributed by atoms with Crippen LogP contribution in [0.15, 0.2) is 0 Å². The highest BCUT2D eigenvalue weighted by Crippen LogP contribution is 2.22. The second kappa shape index (κ2) is 7.23. The van der Waals surface area contributed by atoms with Crippen LogP contribution >= 0.6 is 0 Å². The molecule has 7 heteroatoms. The number of nitrogens with one attached hydrogen (secondary N) is 1. The third-order valence-electron chi connectivity index (χ3n) is 2.70. The lowest BCUT2D eigenvalue weighted by molar-refractivity contribution is -0.160. The maximum absolute atomic E-state index is 12.1. The molecule has 18 heavy (non-hydrogen) atoms. The minimum atomic E-state index is -4.62. The Hall–Kier alpha value is -1.27. The van der Waals surface area contributed by atoms with Crippen molar-refractivity contribution in [2.45, 2.75) is 51.7 Å². The van der Waals surface area contributed by atoms with E-state index >= 15 is 0 Å². The van der Waals surface area contributed by atoms with Gasteiger partial charge in [0.05, 0.1) is 6.42 Å². The predicted octanol–water partition coefficient (Wildman–Crippen LogP) is 2.33. The summed E-state index contributed by atoms with van der Waals surface area (Å²) in [6.07, 6.45) is -4.68. The van der Waals surface area contributed by atoms with Crippen LogP contribution in [-0.2, 0) is 9.59 Å². The van der Waals surface area contributed by atoms with Gasteiger partial charge in [-0.15, -0.1) is 0 Å². The van der Waals surface area contributed by atoms with Crippen LogP contribution in [-0.4, -0.2) is 29.2 Å². The highest BCUT2D eigenvalue weighted by atomic mass is 19.4. The number of carbonyl (C=O) groups is 2. The molecule has 0 saturated carbocycles. The Labute approximate surface area is 104 Å². The van der Waals surface area contributed by atoms with Gasteiger partial charge >= 0.3 is 12.1 Å². The van der Waals surface area contributed by atoms with Crippen LogP contribution in [0, 0.1) is 5.92 Å². The molecule has 0 fully saturated rings. The molecule has 0 heterocycles. The van der Waals surface area contributed by atoms with Crippen LogP contribution in [0.5, 0.6) is 0 Å². The summed E-state index contributed by atoms with van der Waals surface area (Å²) in [5, 5.41) is 10.5. The van der Waals surface area contributed by atoms with Crippen LogP contribution in [0.3, 0.4) is 0 Å². The molecule has 0 aromatic heterocycles. The van der Waals surface area contributed by atoms with E-state index in [4.69, 9.17) is 5.11 Å². The number of alkyl halides is 3. The normalized spacial score (nSPS) is 13.4. The number of carboxylic acid groups (broad SMARTS) is 1. The first-order valence-corrected chi connectivity index (χ1v) is 5.78. The average molecular weight is 269 g/mol. The summed E-state index contributed by atoms with van der Waals surface area (Å²) in [4.78, 5) is 22.1. The van der Waals surface area contributed by atoms with E-state index in [0.29, 0.717) is 0 Å². The summed E-state index contributed by atoms with van der Waals surface area (Å²) < 4.78 is 36.3. The van der Waals surface area contributed by atoms with Gasteiger partial charge < -0.3 is 10.4 Å². The van der Waals surface area contributed by atoms with Gasteiger partial charge in [0, 0.05) is 6.42 Å². The Morgan fingerprint density at radius 3 is 2.06 bits per heavy atom. The molecule has 106 valence electrons. The van der Waals surface area contributed by atoms with Crippen LogP contribution < -0.4 is 5.32 Å². The Kier molecular flexibility index (Phi) is 6.72. The van der Waals surface area contributed by atoms with Gasteiger partial charge in [0.25, 0.3) is 0 Å². The Balaban J connectivity index is 4.42. The van der Waals surface area contributed by atoms with E-state index in [1.54, 1.807) is 0 Å². The molecule has 0 spiro atoms. The lowest BCUT2D eigenvalue weighted by atomic mass is 9.99. The van der Waals surface area contributed by atoms with E-state index in [1.807, 2.05) is 19.2 Å².